The lowest BCUT2D eigenvalue weighted by atomic mass is 9.79. The van der Waals surface area contributed by atoms with Crippen molar-refractivity contribution in [2.24, 2.45) is 0 Å². The third-order valence-corrected chi connectivity index (χ3v) is 7.57. The molecule has 5 nitrogen and oxygen atoms in total. The van der Waals surface area contributed by atoms with Crippen LogP contribution in [0.1, 0.15) is 50.7 Å². The summed E-state index contributed by atoms with van der Waals surface area (Å²) in [6.07, 6.45) is 3.55. The molecule has 1 N–H and O–H groups in total. The number of likely N-dealkylation sites (tertiary alicyclic amines) is 1. The summed E-state index contributed by atoms with van der Waals surface area (Å²) in [5.41, 5.74) is 1.52. The van der Waals surface area contributed by atoms with Crippen molar-refractivity contribution < 1.29 is 9.59 Å². The molecule has 2 amide bonds. The normalized spacial score (nSPS) is 21.0. The first-order chi connectivity index (χ1) is 16.0. The van der Waals surface area contributed by atoms with Gasteiger partial charge in [0, 0.05) is 37.1 Å². The molecule has 33 heavy (non-hydrogen) atoms. The van der Waals surface area contributed by atoms with Crippen LogP contribution in [0.15, 0.2) is 54.6 Å². The summed E-state index contributed by atoms with van der Waals surface area (Å²) >= 11 is 6.02. The van der Waals surface area contributed by atoms with E-state index in [1.165, 1.54) is 5.56 Å². The van der Waals surface area contributed by atoms with Crippen LogP contribution in [0.4, 0.5) is 0 Å². The zero-order chi connectivity index (χ0) is 23.4. The van der Waals surface area contributed by atoms with E-state index in [1.54, 1.807) is 0 Å². The Morgan fingerprint density at radius 2 is 1.61 bits per heavy atom. The summed E-state index contributed by atoms with van der Waals surface area (Å²) in [6.45, 7) is 6.62. The van der Waals surface area contributed by atoms with Gasteiger partial charge in [0.2, 0.25) is 11.8 Å². The van der Waals surface area contributed by atoms with Crippen LogP contribution in [0.25, 0.3) is 0 Å². The van der Waals surface area contributed by atoms with Crippen molar-refractivity contribution in [3.63, 3.8) is 0 Å². The Morgan fingerprint density at radius 1 is 0.970 bits per heavy atom. The van der Waals surface area contributed by atoms with Crippen LogP contribution in [-0.4, -0.2) is 52.3 Å². The number of nitrogens with one attached hydrogen (secondary N) is 1. The van der Waals surface area contributed by atoms with E-state index in [2.05, 4.69) is 24.1 Å². The van der Waals surface area contributed by atoms with Crippen LogP contribution in [0.5, 0.6) is 0 Å². The second kappa shape index (κ2) is 10.3. The molecule has 176 valence electrons. The van der Waals surface area contributed by atoms with Gasteiger partial charge in [-0.1, -0.05) is 67.9 Å². The number of piperazine rings is 1. The molecular formula is C27H34ClN3O2. The molecule has 6 heteroatoms. The summed E-state index contributed by atoms with van der Waals surface area (Å²) in [7, 11) is 0. The van der Waals surface area contributed by atoms with Gasteiger partial charge in [-0.15, -0.1) is 0 Å². The van der Waals surface area contributed by atoms with Crippen LogP contribution in [0.2, 0.25) is 5.02 Å². The number of benzene rings is 2. The average molecular weight is 468 g/mol. The smallest absolute Gasteiger partial charge is 0.246 e. The SMILES string of the molecule is CCC(CC)N1C(=O)C(Cc2ccccc2)NC(=O)C12CCN(Cc1ccc(Cl)cc1)CC2. The molecule has 0 bridgehead atoms. The maximum absolute atomic E-state index is 13.8. The van der Waals surface area contributed by atoms with Crippen molar-refractivity contribution in [1.29, 1.82) is 0 Å². The van der Waals surface area contributed by atoms with Gasteiger partial charge in [0.15, 0.2) is 0 Å². The monoisotopic (exact) mass is 467 g/mol. The summed E-state index contributed by atoms with van der Waals surface area (Å²) in [5, 5.41) is 3.85. The standard InChI is InChI=1S/C27H34ClN3O2/c1-3-23(4-2)31-25(32)24(18-20-8-6-5-7-9-20)29-26(33)27(31)14-16-30(17-15-27)19-21-10-12-22(28)13-11-21/h5-13,23-24H,3-4,14-19H2,1-2H3,(H,29,33). The van der Waals surface area contributed by atoms with Gasteiger partial charge in [-0.25, -0.2) is 0 Å². The van der Waals surface area contributed by atoms with Gasteiger partial charge >= 0.3 is 0 Å². The first kappa shape index (κ1) is 23.8. The third-order valence-electron chi connectivity index (χ3n) is 7.32. The average Bonchev–Trinajstić information content (AvgIpc) is 2.83. The highest BCUT2D eigenvalue weighted by atomic mass is 35.5. The van der Waals surface area contributed by atoms with Crippen LogP contribution in [0, 0.1) is 0 Å². The van der Waals surface area contributed by atoms with Crippen molar-refractivity contribution in [2.45, 2.75) is 70.1 Å². The Labute approximate surface area is 202 Å². The quantitative estimate of drug-likeness (QED) is 0.655. The Morgan fingerprint density at radius 3 is 2.21 bits per heavy atom. The van der Waals surface area contributed by atoms with Crippen LogP contribution < -0.4 is 5.32 Å². The molecule has 2 fully saturated rings. The number of hydrogen-bond acceptors (Lipinski definition) is 3. The fourth-order valence-electron chi connectivity index (χ4n) is 5.41. The summed E-state index contributed by atoms with van der Waals surface area (Å²) in [5.74, 6) is 0.0828. The number of piperidine rings is 1. The van der Waals surface area contributed by atoms with Crippen molar-refractivity contribution in [3.05, 3.63) is 70.7 Å². The van der Waals surface area contributed by atoms with E-state index in [0.29, 0.717) is 19.3 Å². The molecule has 0 aliphatic carbocycles. The molecule has 0 radical (unpaired) electrons. The lowest BCUT2D eigenvalue weighted by Crippen LogP contribution is -2.74. The van der Waals surface area contributed by atoms with E-state index in [4.69, 9.17) is 11.6 Å². The predicted molar refractivity (Wildman–Crippen MR) is 132 cm³/mol. The minimum atomic E-state index is -0.753. The maximum Gasteiger partial charge on any atom is 0.246 e. The minimum absolute atomic E-state index is 0.0149. The Balaban J connectivity index is 1.53. The fraction of sp³-hybridized carbons (Fsp3) is 0.481. The highest BCUT2D eigenvalue weighted by molar-refractivity contribution is 6.30. The second-order valence-corrected chi connectivity index (χ2v) is 9.76. The second-order valence-electron chi connectivity index (χ2n) is 9.33. The van der Waals surface area contributed by atoms with Gasteiger partial charge < -0.3 is 10.2 Å². The molecule has 2 aliphatic rings. The fourth-order valence-corrected chi connectivity index (χ4v) is 5.54. The first-order valence-electron chi connectivity index (χ1n) is 12.1. The van der Waals surface area contributed by atoms with E-state index in [-0.39, 0.29) is 17.9 Å². The van der Waals surface area contributed by atoms with Crippen molar-refractivity contribution in [3.8, 4) is 0 Å². The van der Waals surface area contributed by atoms with E-state index >= 15 is 0 Å². The third kappa shape index (κ3) is 4.95. The molecule has 4 rings (SSSR count). The highest BCUT2D eigenvalue weighted by Gasteiger charge is 2.55. The minimum Gasteiger partial charge on any atom is -0.342 e. The molecule has 1 atom stereocenters. The molecule has 0 saturated carbocycles. The zero-order valence-corrected chi connectivity index (χ0v) is 20.4. The molecule has 0 aromatic heterocycles. The van der Waals surface area contributed by atoms with Gasteiger partial charge in [0.05, 0.1) is 0 Å². The van der Waals surface area contributed by atoms with E-state index in [9.17, 15) is 9.59 Å². The number of carbonyl (C=O) groups is 2. The molecule has 1 unspecified atom stereocenters. The first-order valence-corrected chi connectivity index (χ1v) is 12.5. The zero-order valence-electron chi connectivity index (χ0n) is 19.6. The van der Waals surface area contributed by atoms with Crippen molar-refractivity contribution in [1.82, 2.24) is 15.1 Å². The number of nitrogens with zero attached hydrogens (tertiary/aromatic N) is 2. The molecule has 2 aromatic rings. The highest BCUT2D eigenvalue weighted by Crippen LogP contribution is 2.37. The molecule has 2 saturated heterocycles. The van der Waals surface area contributed by atoms with Crippen LogP contribution >= 0.6 is 11.6 Å². The molecular weight excluding hydrogens is 434 g/mol. The summed E-state index contributed by atoms with van der Waals surface area (Å²) in [4.78, 5) is 31.8. The molecule has 2 heterocycles. The number of halogens is 1. The van der Waals surface area contributed by atoms with Gasteiger partial charge in [-0.05, 0) is 48.9 Å². The Bertz CT molecular complexity index is 951. The largest absolute Gasteiger partial charge is 0.342 e. The summed E-state index contributed by atoms with van der Waals surface area (Å²) in [6, 6.07) is 17.4. The topological polar surface area (TPSA) is 52.7 Å². The summed E-state index contributed by atoms with van der Waals surface area (Å²) < 4.78 is 0. The Hall–Kier alpha value is -2.37. The molecule has 2 aliphatic heterocycles. The lowest BCUT2D eigenvalue weighted by molar-refractivity contribution is -0.165. The van der Waals surface area contributed by atoms with Crippen LogP contribution in [0.3, 0.4) is 0 Å². The van der Waals surface area contributed by atoms with Gasteiger partial charge in [0.1, 0.15) is 11.6 Å². The molecule has 2 aromatic carbocycles. The van der Waals surface area contributed by atoms with E-state index in [1.807, 2.05) is 59.5 Å². The maximum atomic E-state index is 13.8. The number of rotatable bonds is 7. The lowest BCUT2D eigenvalue weighted by Gasteiger charge is -2.54. The molecule has 1 spiro atoms. The van der Waals surface area contributed by atoms with E-state index < -0.39 is 11.6 Å². The van der Waals surface area contributed by atoms with Gasteiger partial charge in [0.25, 0.3) is 0 Å². The van der Waals surface area contributed by atoms with Crippen molar-refractivity contribution in [2.75, 3.05) is 13.1 Å². The van der Waals surface area contributed by atoms with Crippen molar-refractivity contribution >= 4 is 23.4 Å². The number of carbonyl (C=O) groups excluding carboxylic acids is 2. The number of hydrogen-bond donors (Lipinski definition) is 1. The van der Waals surface area contributed by atoms with Crippen LogP contribution in [-0.2, 0) is 22.6 Å². The van der Waals surface area contributed by atoms with E-state index in [0.717, 1.165) is 43.1 Å². The predicted octanol–water partition coefficient (Wildman–Crippen LogP) is 4.43. The number of amides is 2. The van der Waals surface area contributed by atoms with Gasteiger partial charge in [-0.2, -0.15) is 0 Å². The van der Waals surface area contributed by atoms with Gasteiger partial charge in [-0.3, -0.25) is 14.5 Å². The Kier molecular flexibility index (Phi) is 7.40.